The standard InChI is InChI=1S/C8H16O6/c1-7(3-9)5(11)4(10)6(12)8(2,13)14-7/h4-6,9-13H,3H2,1-2H3/t4?,5-,6?,7?,8+/m0/s1. The normalized spacial score (nSPS) is 54.6. The van der Waals surface area contributed by atoms with E-state index in [-0.39, 0.29) is 0 Å². The Kier molecular flexibility index (Phi) is 2.88. The highest BCUT2D eigenvalue weighted by molar-refractivity contribution is 5.00. The second-order valence-electron chi connectivity index (χ2n) is 4.01. The van der Waals surface area contributed by atoms with Gasteiger partial charge in [-0.1, -0.05) is 0 Å². The van der Waals surface area contributed by atoms with Gasteiger partial charge in [0.05, 0.1) is 6.61 Å². The van der Waals surface area contributed by atoms with Crippen LogP contribution in [0.1, 0.15) is 13.8 Å². The summed E-state index contributed by atoms with van der Waals surface area (Å²) < 4.78 is 4.95. The lowest BCUT2D eigenvalue weighted by Gasteiger charge is -2.49. The Morgan fingerprint density at radius 1 is 1.14 bits per heavy atom. The van der Waals surface area contributed by atoms with Crippen LogP contribution < -0.4 is 0 Å². The molecular weight excluding hydrogens is 192 g/mol. The van der Waals surface area contributed by atoms with Crippen LogP contribution in [0, 0.1) is 0 Å². The van der Waals surface area contributed by atoms with Crippen molar-refractivity contribution in [1.82, 2.24) is 0 Å². The Hall–Kier alpha value is -0.240. The smallest absolute Gasteiger partial charge is 0.192 e. The number of rotatable bonds is 1. The van der Waals surface area contributed by atoms with Crippen LogP contribution in [-0.4, -0.2) is 61.8 Å². The van der Waals surface area contributed by atoms with E-state index in [2.05, 4.69) is 0 Å². The molecule has 84 valence electrons. The molecule has 0 aromatic carbocycles. The summed E-state index contributed by atoms with van der Waals surface area (Å²) in [6.07, 6.45) is -4.63. The fourth-order valence-electron chi connectivity index (χ4n) is 1.57. The van der Waals surface area contributed by atoms with Crippen molar-refractivity contribution in [3.63, 3.8) is 0 Å². The van der Waals surface area contributed by atoms with Crippen LogP contribution in [0.15, 0.2) is 0 Å². The average Bonchev–Trinajstić information content (AvgIpc) is 2.11. The van der Waals surface area contributed by atoms with Crippen molar-refractivity contribution < 1.29 is 30.3 Å². The lowest BCUT2D eigenvalue weighted by molar-refractivity contribution is -0.371. The molecular formula is C8H16O6. The van der Waals surface area contributed by atoms with E-state index in [9.17, 15) is 20.4 Å². The van der Waals surface area contributed by atoms with Gasteiger partial charge in [-0.15, -0.1) is 0 Å². The summed E-state index contributed by atoms with van der Waals surface area (Å²) in [6.45, 7) is 1.91. The first-order valence-corrected chi connectivity index (χ1v) is 4.32. The zero-order valence-electron chi connectivity index (χ0n) is 8.08. The minimum Gasteiger partial charge on any atom is -0.393 e. The highest BCUT2D eigenvalue weighted by Crippen LogP contribution is 2.34. The molecule has 6 nitrogen and oxygen atoms in total. The lowest BCUT2D eigenvalue weighted by Crippen LogP contribution is -2.69. The van der Waals surface area contributed by atoms with Crippen LogP contribution in [0.3, 0.4) is 0 Å². The number of aliphatic hydroxyl groups excluding tert-OH is 4. The van der Waals surface area contributed by atoms with Crippen molar-refractivity contribution in [2.24, 2.45) is 0 Å². The fraction of sp³-hybridized carbons (Fsp3) is 1.00. The molecule has 0 aromatic rings. The predicted octanol–water partition coefficient (Wildman–Crippen LogP) is -2.44. The van der Waals surface area contributed by atoms with Crippen LogP contribution >= 0.6 is 0 Å². The van der Waals surface area contributed by atoms with E-state index in [0.717, 1.165) is 6.92 Å². The van der Waals surface area contributed by atoms with Crippen molar-refractivity contribution in [2.75, 3.05) is 6.61 Å². The van der Waals surface area contributed by atoms with Gasteiger partial charge >= 0.3 is 0 Å². The van der Waals surface area contributed by atoms with E-state index in [1.165, 1.54) is 6.92 Å². The Labute approximate surface area is 81.4 Å². The Morgan fingerprint density at radius 2 is 1.64 bits per heavy atom. The number of hydrogen-bond acceptors (Lipinski definition) is 6. The summed E-state index contributed by atoms with van der Waals surface area (Å²) in [6, 6.07) is 0. The first-order valence-electron chi connectivity index (χ1n) is 4.32. The summed E-state index contributed by atoms with van der Waals surface area (Å²) in [5.74, 6) is -1.99. The molecule has 0 radical (unpaired) electrons. The molecule has 14 heavy (non-hydrogen) atoms. The van der Waals surface area contributed by atoms with Gasteiger partial charge in [-0.05, 0) is 13.8 Å². The number of hydrogen-bond donors (Lipinski definition) is 5. The lowest BCUT2D eigenvalue weighted by atomic mass is 9.85. The maximum absolute atomic E-state index is 9.54. The molecule has 1 aliphatic heterocycles. The second-order valence-corrected chi connectivity index (χ2v) is 4.01. The van der Waals surface area contributed by atoms with E-state index in [4.69, 9.17) is 9.84 Å². The van der Waals surface area contributed by atoms with Crippen LogP contribution in [0.5, 0.6) is 0 Å². The van der Waals surface area contributed by atoms with E-state index >= 15 is 0 Å². The topological polar surface area (TPSA) is 110 Å². The third kappa shape index (κ3) is 1.65. The van der Waals surface area contributed by atoms with Gasteiger partial charge in [0.25, 0.3) is 0 Å². The summed E-state index contributed by atoms with van der Waals surface area (Å²) >= 11 is 0. The van der Waals surface area contributed by atoms with Gasteiger partial charge < -0.3 is 30.3 Å². The van der Waals surface area contributed by atoms with Crippen molar-refractivity contribution in [3.8, 4) is 0 Å². The quantitative estimate of drug-likeness (QED) is 0.327. The van der Waals surface area contributed by atoms with E-state index in [1.807, 2.05) is 0 Å². The number of ether oxygens (including phenoxy) is 1. The molecule has 0 aromatic heterocycles. The van der Waals surface area contributed by atoms with Gasteiger partial charge in [-0.2, -0.15) is 0 Å². The largest absolute Gasteiger partial charge is 0.393 e. The number of aliphatic hydroxyl groups is 5. The van der Waals surface area contributed by atoms with Gasteiger partial charge in [0.15, 0.2) is 5.79 Å². The van der Waals surface area contributed by atoms with Crippen molar-refractivity contribution in [2.45, 2.75) is 43.5 Å². The van der Waals surface area contributed by atoms with Crippen LogP contribution in [-0.2, 0) is 4.74 Å². The van der Waals surface area contributed by atoms with Crippen LogP contribution in [0.2, 0.25) is 0 Å². The molecule has 0 amide bonds. The van der Waals surface area contributed by atoms with Crippen LogP contribution in [0.25, 0.3) is 0 Å². The third-order valence-corrected chi connectivity index (χ3v) is 2.58. The van der Waals surface area contributed by atoms with Crippen LogP contribution in [0.4, 0.5) is 0 Å². The molecule has 1 fully saturated rings. The molecule has 1 aliphatic rings. The minimum atomic E-state index is -1.99. The molecule has 3 unspecified atom stereocenters. The fourth-order valence-corrected chi connectivity index (χ4v) is 1.57. The molecule has 0 aliphatic carbocycles. The van der Waals surface area contributed by atoms with Gasteiger partial charge in [0, 0.05) is 0 Å². The SMILES string of the molecule is CC1(CO)O[C@@](C)(O)C(O)C(O)[C@@H]1O. The second kappa shape index (κ2) is 3.41. The molecule has 0 saturated carbocycles. The monoisotopic (exact) mass is 208 g/mol. The molecule has 5 atom stereocenters. The molecule has 0 spiro atoms. The first-order chi connectivity index (χ1) is 6.24. The Morgan fingerprint density at radius 3 is 2.07 bits per heavy atom. The van der Waals surface area contributed by atoms with Gasteiger partial charge in [-0.25, -0.2) is 0 Å². The molecule has 1 rings (SSSR count). The summed E-state index contributed by atoms with van der Waals surface area (Å²) in [5.41, 5.74) is -1.48. The summed E-state index contributed by atoms with van der Waals surface area (Å²) in [7, 11) is 0. The Bertz CT molecular complexity index is 218. The highest BCUT2D eigenvalue weighted by atomic mass is 16.7. The minimum absolute atomic E-state index is 0.575. The van der Waals surface area contributed by atoms with Gasteiger partial charge in [0.2, 0.25) is 0 Å². The zero-order valence-corrected chi connectivity index (χ0v) is 8.08. The maximum atomic E-state index is 9.54. The average molecular weight is 208 g/mol. The molecule has 0 bridgehead atoms. The van der Waals surface area contributed by atoms with Crippen molar-refractivity contribution in [1.29, 1.82) is 0 Å². The molecule has 5 N–H and O–H groups in total. The summed E-state index contributed by atoms with van der Waals surface area (Å²) in [5, 5.41) is 46.7. The summed E-state index contributed by atoms with van der Waals surface area (Å²) in [4.78, 5) is 0. The third-order valence-electron chi connectivity index (χ3n) is 2.58. The maximum Gasteiger partial charge on any atom is 0.192 e. The highest BCUT2D eigenvalue weighted by Gasteiger charge is 2.55. The first kappa shape index (κ1) is 11.8. The van der Waals surface area contributed by atoms with E-state index < -0.39 is 36.3 Å². The van der Waals surface area contributed by atoms with Gasteiger partial charge in [-0.3, -0.25) is 0 Å². The van der Waals surface area contributed by atoms with E-state index in [0.29, 0.717) is 0 Å². The molecule has 1 saturated heterocycles. The Balaban J connectivity index is 2.96. The zero-order chi connectivity index (χ0) is 11.1. The van der Waals surface area contributed by atoms with Crippen molar-refractivity contribution in [3.05, 3.63) is 0 Å². The van der Waals surface area contributed by atoms with E-state index in [1.54, 1.807) is 0 Å². The van der Waals surface area contributed by atoms with Crippen molar-refractivity contribution >= 4 is 0 Å². The molecule has 1 heterocycles. The van der Waals surface area contributed by atoms with Gasteiger partial charge in [0.1, 0.15) is 23.9 Å². The predicted molar refractivity (Wildman–Crippen MR) is 45.2 cm³/mol. The molecule has 6 heteroatoms.